The van der Waals surface area contributed by atoms with Crippen LogP contribution in [0.3, 0.4) is 0 Å². The molecule has 1 aromatic carbocycles. The zero-order chi connectivity index (χ0) is 16.2. The molecule has 0 atom stereocenters. The van der Waals surface area contributed by atoms with Crippen molar-refractivity contribution in [2.24, 2.45) is 0 Å². The van der Waals surface area contributed by atoms with E-state index < -0.39 is 27.8 Å². The number of carboxylic acid groups (broad SMARTS) is 1. The van der Waals surface area contributed by atoms with E-state index in [2.05, 4.69) is 4.74 Å². The first-order valence-corrected chi connectivity index (χ1v) is 7.20. The van der Waals surface area contributed by atoms with Crippen LogP contribution >= 0.6 is 0 Å². The first-order chi connectivity index (χ1) is 9.70. The van der Waals surface area contributed by atoms with Gasteiger partial charge >= 0.3 is 11.9 Å². The van der Waals surface area contributed by atoms with Crippen LogP contribution in [0.2, 0.25) is 0 Å². The molecule has 0 bridgehead atoms. The topological polar surface area (TPSA) is 101 Å². The molecule has 0 saturated carbocycles. The number of esters is 1. The molecule has 1 aromatic rings. The number of halogens is 1. The normalized spacial score (nSPS) is 11.4. The Morgan fingerprint density at radius 3 is 2.48 bits per heavy atom. The number of carbonyl (C=O) groups is 2. The Morgan fingerprint density at radius 2 is 2.00 bits per heavy atom. The second kappa shape index (κ2) is 6.64. The van der Waals surface area contributed by atoms with Gasteiger partial charge in [0.05, 0.1) is 24.0 Å². The van der Waals surface area contributed by atoms with Crippen molar-refractivity contribution in [1.82, 2.24) is 4.31 Å². The predicted octanol–water partition coefficient (Wildman–Crippen LogP) is 0.707. The lowest BCUT2D eigenvalue weighted by atomic mass is 10.2. The van der Waals surface area contributed by atoms with E-state index in [1.54, 1.807) is 0 Å². The predicted molar refractivity (Wildman–Crippen MR) is 69.8 cm³/mol. The number of nitrogens with zero attached hydrogens (tertiary/aromatic N) is 1. The van der Waals surface area contributed by atoms with E-state index in [4.69, 9.17) is 5.11 Å². The molecule has 0 aliphatic carbocycles. The summed E-state index contributed by atoms with van der Waals surface area (Å²) in [5.74, 6) is -3.10. The average molecular weight is 319 g/mol. The Labute approximate surface area is 121 Å². The Hall–Kier alpha value is -2.00. The van der Waals surface area contributed by atoms with Crippen molar-refractivity contribution in [2.75, 3.05) is 20.7 Å². The van der Waals surface area contributed by atoms with E-state index in [-0.39, 0.29) is 23.4 Å². The van der Waals surface area contributed by atoms with Crippen LogP contribution in [0.15, 0.2) is 23.1 Å². The van der Waals surface area contributed by atoms with Crippen LogP contribution in [0.5, 0.6) is 0 Å². The summed E-state index contributed by atoms with van der Waals surface area (Å²) >= 11 is 0. The van der Waals surface area contributed by atoms with Gasteiger partial charge in [0.2, 0.25) is 10.0 Å². The molecule has 0 amide bonds. The molecule has 0 aliphatic heterocycles. The van der Waals surface area contributed by atoms with Crippen molar-refractivity contribution < 1.29 is 32.2 Å². The first kappa shape index (κ1) is 17.1. The molecule has 7 nitrogen and oxygen atoms in total. The fourth-order valence-electron chi connectivity index (χ4n) is 1.49. The zero-order valence-corrected chi connectivity index (χ0v) is 12.2. The Balaban J connectivity index is 3.07. The van der Waals surface area contributed by atoms with Crippen molar-refractivity contribution in [3.63, 3.8) is 0 Å². The average Bonchev–Trinajstić information content (AvgIpc) is 2.43. The van der Waals surface area contributed by atoms with Gasteiger partial charge in [-0.1, -0.05) is 0 Å². The molecule has 0 aromatic heterocycles. The fourth-order valence-corrected chi connectivity index (χ4v) is 2.67. The monoisotopic (exact) mass is 319 g/mol. The molecular weight excluding hydrogens is 305 g/mol. The van der Waals surface area contributed by atoms with Gasteiger partial charge in [0.25, 0.3) is 0 Å². The summed E-state index contributed by atoms with van der Waals surface area (Å²) in [5.41, 5.74) is -0.385. The van der Waals surface area contributed by atoms with E-state index in [9.17, 15) is 22.4 Å². The van der Waals surface area contributed by atoms with Crippen LogP contribution in [-0.2, 0) is 19.6 Å². The number of sulfonamides is 1. The van der Waals surface area contributed by atoms with Gasteiger partial charge in [-0.05, 0) is 18.2 Å². The maximum atomic E-state index is 13.7. The van der Waals surface area contributed by atoms with Gasteiger partial charge in [-0.3, -0.25) is 4.79 Å². The third-order valence-electron chi connectivity index (χ3n) is 2.69. The minimum Gasteiger partial charge on any atom is -0.481 e. The summed E-state index contributed by atoms with van der Waals surface area (Å²) in [5, 5.41) is 8.53. The maximum Gasteiger partial charge on any atom is 0.340 e. The lowest BCUT2D eigenvalue weighted by molar-refractivity contribution is -0.137. The van der Waals surface area contributed by atoms with Gasteiger partial charge in [-0.25, -0.2) is 21.9 Å². The van der Waals surface area contributed by atoms with E-state index in [1.807, 2.05) is 0 Å². The van der Waals surface area contributed by atoms with E-state index in [1.165, 1.54) is 7.05 Å². The Kier molecular flexibility index (Phi) is 5.39. The second-order valence-electron chi connectivity index (χ2n) is 4.10. The van der Waals surface area contributed by atoms with Crippen molar-refractivity contribution in [3.8, 4) is 0 Å². The van der Waals surface area contributed by atoms with Crippen LogP contribution in [0, 0.1) is 5.82 Å². The number of carbonyl (C=O) groups excluding carboxylic acids is 1. The summed E-state index contributed by atoms with van der Waals surface area (Å²) in [4.78, 5) is 21.3. The summed E-state index contributed by atoms with van der Waals surface area (Å²) in [6.45, 7) is -0.252. The van der Waals surface area contributed by atoms with Gasteiger partial charge in [-0.2, -0.15) is 0 Å². The Bertz CT molecular complexity index is 658. The maximum absolute atomic E-state index is 13.7. The summed E-state index contributed by atoms with van der Waals surface area (Å²) in [7, 11) is -1.77. The highest BCUT2D eigenvalue weighted by Gasteiger charge is 2.23. The number of rotatable bonds is 6. The zero-order valence-electron chi connectivity index (χ0n) is 11.4. The van der Waals surface area contributed by atoms with Gasteiger partial charge < -0.3 is 9.84 Å². The largest absolute Gasteiger partial charge is 0.481 e. The molecule has 0 radical (unpaired) electrons. The van der Waals surface area contributed by atoms with Gasteiger partial charge in [0.15, 0.2) is 0 Å². The third kappa shape index (κ3) is 3.99. The van der Waals surface area contributed by atoms with Crippen molar-refractivity contribution in [3.05, 3.63) is 29.6 Å². The number of hydrogen-bond donors (Lipinski definition) is 1. The molecule has 0 unspecified atom stereocenters. The molecule has 0 saturated heterocycles. The number of hydrogen-bond acceptors (Lipinski definition) is 5. The van der Waals surface area contributed by atoms with Gasteiger partial charge in [-0.15, -0.1) is 0 Å². The summed E-state index contributed by atoms with van der Waals surface area (Å²) in [6.07, 6.45) is -0.377. The van der Waals surface area contributed by atoms with E-state index in [0.717, 1.165) is 23.5 Å². The summed E-state index contributed by atoms with van der Waals surface area (Å²) < 4.78 is 43.1. The first-order valence-electron chi connectivity index (χ1n) is 5.76. The smallest absolute Gasteiger partial charge is 0.340 e. The summed E-state index contributed by atoms with van der Waals surface area (Å²) in [6, 6.07) is 2.75. The number of carboxylic acids is 1. The third-order valence-corrected chi connectivity index (χ3v) is 4.55. The molecule has 0 heterocycles. The highest BCUT2D eigenvalue weighted by molar-refractivity contribution is 7.89. The van der Waals surface area contributed by atoms with Crippen molar-refractivity contribution in [1.29, 1.82) is 0 Å². The lowest BCUT2D eigenvalue weighted by Gasteiger charge is -2.16. The molecule has 21 heavy (non-hydrogen) atoms. The molecule has 0 fully saturated rings. The van der Waals surface area contributed by atoms with Crippen LogP contribution < -0.4 is 0 Å². The fraction of sp³-hybridized carbons (Fsp3) is 0.333. The number of benzene rings is 1. The molecule has 116 valence electrons. The van der Waals surface area contributed by atoms with Crippen molar-refractivity contribution >= 4 is 22.0 Å². The molecule has 9 heteroatoms. The standard InChI is InChI=1S/C12H14FNO6S/c1-14(6-5-11(15)16)21(18,19)8-3-4-9(10(13)7-8)12(17)20-2/h3-4,7H,5-6H2,1-2H3,(H,15,16). The van der Waals surface area contributed by atoms with Gasteiger partial charge in [0, 0.05) is 13.6 Å². The highest BCUT2D eigenvalue weighted by atomic mass is 32.2. The highest BCUT2D eigenvalue weighted by Crippen LogP contribution is 2.19. The molecule has 1 N–H and O–H groups in total. The molecule has 1 rings (SSSR count). The van der Waals surface area contributed by atoms with Crippen LogP contribution in [0.1, 0.15) is 16.8 Å². The van der Waals surface area contributed by atoms with Crippen LogP contribution in [0.4, 0.5) is 4.39 Å². The number of methoxy groups -OCH3 is 1. The quantitative estimate of drug-likeness (QED) is 0.775. The van der Waals surface area contributed by atoms with E-state index >= 15 is 0 Å². The van der Waals surface area contributed by atoms with Crippen LogP contribution in [-0.4, -0.2) is 50.5 Å². The lowest BCUT2D eigenvalue weighted by Crippen LogP contribution is -2.29. The van der Waals surface area contributed by atoms with Crippen LogP contribution in [0.25, 0.3) is 0 Å². The molecule has 0 spiro atoms. The minimum atomic E-state index is -4.03. The second-order valence-corrected chi connectivity index (χ2v) is 6.15. The van der Waals surface area contributed by atoms with Gasteiger partial charge in [0.1, 0.15) is 5.82 Å². The minimum absolute atomic E-state index is 0.252. The van der Waals surface area contributed by atoms with Crippen molar-refractivity contribution in [2.45, 2.75) is 11.3 Å². The SMILES string of the molecule is COC(=O)c1ccc(S(=O)(=O)N(C)CCC(=O)O)cc1F. The molecular formula is C12H14FNO6S. The number of ether oxygens (including phenoxy) is 1. The molecule has 0 aliphatic rings. The number of aliphatic carboxylic acids is 1. The van der Waals surface area contributed by atoms with E-state index in [0.29, 0.717) is 6.07 Å². The Morgan fingerprint density at radius 1 is 1.38 bits per heavy atom.